The van der Waals surface area contributed by atoms with Crippen LogP contribution < -0.4 is 5.32 Å². The van der Waals surface area contributed by atoms with E-state index in [1.54, 1.807) is 0 Å². The summed E-state index contributed by atoms with van der Waals surface area (Å²) in [6, 6.07) is -0.0593. The summed E-state index contributed by atoms with van der Waals surface area (Å²) >= 11 is 0. The van der Waals surface area contributed by atoms with Crippen molar-refractivity contribution >= 4 is 11.7 Å². The first-order valence-corrected chi connectivity index (χ1v) is 32.7. The fourth-order valence-corrected chi connectivity index (χ4v) is 10.6. The third kappa shape index (κ3) is 59.4. The molecule has 4 heteroatoms. The van der Waals surface area contributed by atoms with E-state index < -0.39 is 0 Å². The first-order valence-electron chi connectivity index (χ1n) is 32.7. The zero-order chi connectivity index (χ0) is 50.6. The number of hydrogen-bond donors (Lipinski definition) is 2. The second kappa shape index (κ2) is 62.1. The highest BCUT2D eigenvalue weighted by molar-refractivity contribution is 5.78. The van der Waals surface area contributed by atoms with Crippen LogP contribution in [0.2, 0.25) is 0 Å². The molecule has 0 aromatic heterocycles. The molecule has 0 aromatic rings. The molecule has 0 aliphatic heterocycles. The molecule has 416 valence electrons. The topological polar surface area (TPSA) is 66.4 Å². The molecule has 2 N–H and O–H groups in total. The van der Waals surface area contributed by atoms with Gasteiger partial charge in [0.2, 0.25) is 5.91 Å². The minimum atomic E-state index is -0.0593. The lowest BCUT2D eigenvalue weighted by atomic mass is 10.0. The first-order chi connectivity index (χ1) is 34.6. The molecule has 70 heavy (non-hydrogen) atoms. The van der Waals surface area contributed by atoms with Gasteiger partial charge in [0.05, 0.1) is 12.6 Å². The second-order valence-corrected chi connectivity index (χ2v) is 22.8. The maximum atomic E-state index is 12.4. The van der Waals surface area contributed by atoms with E-state index >= 15 is 0 Å². The van der Waals surface area contributed by atoms with Gasteiger partial charge in [0.25, 0.3) is 0 Å². The molecule has 0 aromatic carbocycles. The van der Waals surface area contributed by atoms with Crippen molar-refractivity contribution in [1.82, 2.24) is 5.32 Å². The highest BCUT2D eigenvalue weighted by atomic mass is 16.3. The molecule has 0 saturated carbocycles. The molecule has 4 nitrogen and oxygen atoms in total. The third-order valence-electron chi connectivity index (χ3n) is 15.6. The van der Waals surface area contributed by atoms with Gasteiger partial charge >= 0.3 is 0 Å². The van der Waals surface area contributed by atoms with Gasteiger partial charge in [0.1, 0.15) is 5.78 Å². The quantitative estimate of drug-likeness (QED) is 0.0471. The van der Waals surface area contributed by atoms with Crippen LogP contribution in [0.25, 0.3) is 0 Å². The van der Waals surface area contributed by atoms with Crippen molar-refractivity contribution in [3.8, 4) is 0 Å². The molecular weight excluding hydrogens is 855 g/mol. The Hall–Kier alpha value is -1.16. The summed E-state index contributed by atoms with van der Waals surface area (Å²) in [6.45, 7) is 4.64. The van der Waals surface area contributed by atoms with Crippen molar-refractivity contribution in [1.29, 1.82) is 0 Å². The average molecular weight is 985 g/mol. The molecule has 1 unspecified atom stereocenters. The fourth-order valence-electron chi connectivity index (χ4n) is 10.6. The van der Waals surface area contributed by atoms with E-state index in [1.165, 1.54) is 315 Å². The smallest absolute Gasteiger partial charge is 0.220 e. The molecule has 0 radical (unpaired) electrons. The maximum absolute atomic E-state index is 12.4. The van der Waals surface area contributed by atoms with E-state index in [0.29, 0.717) is 12.2 Å². The van der Waals surface area contributed by atoms with E-state index in [2.05, 4.69) is 31.3 Å². The van der Waals surface area contributed by atoms with Gasteiger partial charge in [-0.25, -0.2) is 0 Å². The second-order valence-electron chi connectivity index (χ2n) is 22.8. The van der Waals surface area contributed by atoms with Crippen LogP contribution in [0.3, 0.4) is 0 Å². The highest BCUT2D eigenvalue weighted by Crippen LogP contribution is 2.19. The van der Waals surface area contributed by atoms with Crippen LogP contribution in [0.1, 0.15) is 386 Å². The van der Waals surface area contributed by atoms with E-state index in [1.807, 2.05) is 0 Å². The summed E-state index contributed by atoms with van der Waals surface area (Å²) in [4.78, 5) is 24.7. The summed E-state index contributed by atoms with van der Waals surface area (Å²) in [6.07, 6.45) is 80.8. The Balaban J connectivity index is 3.28. The standard InChI is InChI=1S/C66H129NO3/c1-3-5-7-9-11-13-15-17-32-36-40-44-48-52-56-60-65(69)61-57-53-49-45-41-37-33-30-28-26-24-22-20-19-21-23-25-27-29-31-34-38-42-46-50-54-58-62-66(70)67-64(63-68)59-55-51-47-43-39-35-18-16-14-12-10-8-6-4-2/h17,32,64,68H,3-16,18-31,33-63H2,1-2H3,(H,67,70). The van der Waals surface area contributed by atoms with Gasteiger partial charge in [0.15, 0.2) is 0 Å². The zero-order valence-corrected chi connectivity index (χ0v) is 48.2. The van der Waals surface area contributed by atoms with Gasteiger partial charge in [0, 0.05) is 19.3 Å². The van der Waals surface area contributed by atoms with Crippen LogP contribution in [-0.4, -0.2) is 29.4 Å². The summed E-state index contributed by atoms with van der Waals surface area (Å²) in [7, 11) is 0. The van der Waals surface area contributed by atoms with Crippen LogP contribution in [0.4, 0.5) is 0 Å². The van der Waals surface area contributed by atoms with Gasteiger partial charge in [-0.1, -0.05) is 328 Å². The SMILES string of the molecule is CCCCCCCCC=CCCCCCCCC(=O)CCCCCCCCCCCCCCCCCCCCCCCCCCCCCC(=O)NC(CO)CCCCCCCCCCCCCCCC. The number of unbranched alkanes of at least 4 members (excludes halogenated alkanes) is 50. The Kier molecular flexibility index (Phi) is 61.1. The molecule has 1 amide bonds. The maximum Gasteiger partial charge on any atom is 0.220 e. The summed E-state index contributed by atoms with van der Waals surface area (Å²) in [5, 5.41) is 12.9. The Bertz CT molecular complexity index is 1020. The summed E-state index contributed by atoms with van der Waals surface area (Å²) in [5.74, 6) is 0.648. The number of aliphatic hydroxyl groups excluding tert-OH is 1. The largest absolute Gasteiger partial charge is 0.394 e. The number of Topliss-reactive ketones (excluding diaryl/α,β-unsaturated/α-hetero) is 1. The molecule has 0 spiro atoms. The Morgan fingerprint density at radius 1 is 0.314 bits per heavy atom. The molecule has 0 bridgehead atoms. The lowest BCUT2D eigenvalue weighted by molar-refractivity contribution is -0.122. The van der Waals surface area contributed by atoms with E-state index in [0.717, 1.165) is 51.4 Å². The number of allylic oxidation sites excluding steroid dienone is 2. The molecule has 0 fully saturated rings. The van der Waals surface area contributed by atoms with Crippen molar-refractivity contribution in [3.63, 3.8) is 0 Å². The summed E-state index contributed by atoms with van der Waals surface area (Å²) in [5.41, 5.74) is 0. The number of rotatable bonds is 62. The molecule has 0 aliphatic rings. The Labute approximate surface area is 440 Å². The zero-order valence-electron chi connectivity index (χ0n) is 48.2. The predicted octanol–water partition coefficient (Wildman–Crippen LogP) is 22.3. The van der Waals surface area contributed by atoms with Crippen molar-refractivity contribution in [2.75, 3.05) is 6.61 Å². The third-order valence-corrected chi connectivity index (χ3v) is 15.6. The van der Waals surface area contributed by atoms with Crippen LogP contribution in [-0.2, 0) is 9.59 Å². The predicted molar refractivity (Wildman–Crippen MR) is 312 cm³/mol. The van der Waals surface area contributed by atoms with E-state index in [9.17, 15) is 14.7 Å². The molecule has 0 aliphatic carbocycles. The number of nitrogens with one attached hydrogen (secondary N) is 1. The van der Waals surface area contributed by atoms with Crippen molar-refractivity contribution in [3.05, 3.63) is 12.2 Å². The van der Waals surface area contributed by atoms with Crippen LogP contribution in [0.5, 0.6) is 0 Å². The van der Waals surface area contributed by atoms with Gasteiger partial charge in [-0.15, -0.1) is 0 Å². The first kappa shape index (κ1) is 68.8. The average Bonchev–Trinajstić information content (AvgIpc) is 3.36. The van der Waals surface area contributed by atoms with Gasteiger partial charge in [-0.05, 0) is 51.4 Å². The number of hydrogen-bond acceptors (Lipinski definition) is 3. The van der Waals surface area contributed by atoms with Crippen LogP contribution in [0, 0.1) is 0 Å². The fraction of sp³-hybridized carbons (Fsp3) is 0.939. The number of carbonyl (C=O) groups excluding carboxylic acids is 2. The number of aliphatic hydroxyl groups is 1. The minimum absolute atomic E-state index is 0.0593. The van der Waals surface area contributed by atoms with Crippen molar-refractivity contribution in [2.24, 2.45) is 0 Å². The number of ketones is 1. The van der Waals surface area contributed by atoms with E-state index in [-0.39, 0.29) is 18.6 Å². The van der Waals surface area contributed by atoms with Crippen LogP contribution in [0.15, 0.2) is 12.2 Å². The lowest BCUT2D eigenvalue weighted by Gasteiger charge is -2.16. The Morgan fingerprint density at radius 3 is 0.814 bits per heavy atom. The van der Waals surface area contributed by atoms with Gasteiger partial charge in [-0.3, -0.25) is 9.59 Å². The highest BCUT2D eigenvalue weighted by Gasteiger charge is 2.11. The molecule has 0 rings (SSSR count). The van der Waals surface area contributed by atoms with E-state index in [4.69, 9.17) is 0 Å². The minimum Gasteiger partial charge on any atom is -0.394 e. The normalized spacial score (nSPS) is 12.2. The van der Waals surface area contributed by atoms with Gasteiger partial charge in [-0.2, -0.15) is 0 Å². The summed E-state index contributed by atoms with van der Waals surface area (Å²) < 4.78 is 0. The van der Waals surface area contributed by atoms with Crippen molar-refractivity contribution < 1.29 is 14.7 Å². The number of carbonyl (C=O) groups is 2. The van der Waals surface area contributed by atoms with Gasteiger partial charge < -0.3 is 10.4 Å². The molecule has 1 atom stereocenters. The molecule has 0 heterocycles. The van der Waals surface area contributed by atoms with Crippen LogP contribution >= 0.6 is 0 Å². The lowest BCUT2D eigenvalue weighted by Crippen LogP contribution is -2.37. The Morgan fingerprint density at radius 2 is 0.543 bits per heavy atom. The monoisotopic (exact) mass is 984 g/mol. The van der Waals surface area contributed by atoms with Crippen molar-refractivity contribution in [2.45, 2.75) is 392 Å². The molecule has 0 saturated heterocycles. The molecular formula is C66H129NO3. The number of amides is 1.